The van der Waals surface area contributed by atoms with Crippen LogP contribution in [0.2, 0.25) is 0 Å². The van der Waals surface area contributed by atoms with Crippen molar-refractivity contribution < 1.29 is 9.84 Å². The topological polar surface area (TPSA) is 32.7 Å². The minimum Gasteiger partial charge on any atom is -0.496 e. The van der Waals surface area contributed by atoms with Gasteiger partial charge in [0.05, 0.1) is 12.7 Å². The maximum atomic E-state index is 11.2. The molecule has 3 heteroatoms. The summed E-state index contributed by atoms with van der Waals surface area (Å²) in [5.74, 6) is 0.813. The van der Waals surface area contributed by atoms with Gasteiger partial charge in [0, 0.05) is 17.6 Å². The third-order valence-corrected chi connectivity index (χ3v) is 4.98. The Labute approximate surface area is 115 Å². The quantitative estimate of drug-likeness (QED) is 0.888. The van der Waals surface area contributed by atoms with Gasteiger partial charge in [-0.05, 0) is 38.8 Å². The first-order chi connectivity index (χ1) is 9.14. The molecule has 0 radical (unpaired) electrons. The van der Waals surface area contributed by atoms with E-state index in [-0.39, 0.29) is 0 Å². The van der Waals surface area contributed by atoms with Crippen LogP contribution in [0.1, 0.15) is 37.7 Å². The first-order valence-corrected chi connectivity index (χ1v) is 7.22. The Balaban J connectivity index is 1.95. The van der Waals surface area contributed by atoms with E-state index in [1.54, 1.807) is 7.11 Å². The average Bonchev–Trinajstić information content (AvgIpc) is 2.41. The van der Waals surface area contributed by atoms with Gasteiger partial charge in [0.2, 0.25) is 0 Å². The van der Waals surface area contributed by atoms with Crippen molar-refractivity contribution >= 4 is 0 Å². The number of hydrogen-bond acceptors (Lipinski definition) is 3. The molecule has 0 aromatic heterocycles. The predicted molar refractivity (Wildman–Crippen MR) is 75.3 cm³/mol. The fourth-order valence-electron chi connectivity index (χ4n) is 3.90. The lowest BCUT2D eigenvalue weighted by Crippen LogP contribution is -2.55. The summed E-state index contributed by atoms with van der Waals surface area (Å²) in [6.07, 6.45) is 5.33. The molecule has 3 nitrogen and oxygen atoms in total. The zero-order valence-corrected chi connectivity index (χ0v) is 11.8. The van der Waals surface area contributed by atoms with Gasteiger partial charge in [0.15, 0.2) is 0 Å². The maximum absolute atomic E-state index is 11.2. The minimum atomic E-state index is -0.727. The SMILES string of the molecule is COc1ccccc1C1(O)CC2CCCC(C1)N2C. The predicted octanol–water partition coefficient (Wildman–Crippen LogP) is 2.53. The number of fused-ring (bicyclic) bond motifs is 2. The summed E-state index contributed by atoms with van der Waals surface area (Å²) >= 11 is 0. The van der Waals surface area contributed by atoms with Crippen LogP contribution in [-0.2, 0) is 5.60 Å². The fourth-order valence-corrected chi connectivity index (χ4v) is 3.90. The molecule has 0 aliphatic carbocycles. The molecular weight excluding hydrogens is 238 g/mol. The van der Waals surface area contributed by atoms with Crippen molar-refractivity contribution in [2.24, 2.45) is 0 Å². The van der Waals surface area contributed by atoms with Gasteiger partial charge in [-0.1, -0.05) is 24.6 Å². The molecule has 2 bridgehead atoms. The summed E-state index contributed by atoms with van der Waals surface area (Å²) < 4.78 is 5.44. The molecule has 2 unspecified atom stereocenters. The highest BCUT2D eigenvalue weighted by molar-refractivity contribution is 5.38. The van der Waals surface area contributed by atoms with Crippen LogP contribution in [0.5, 0.6) is 5.75 Å². The van der Waals surface area contributed by atoms with Crippen molar-refractivity contribution in [3.63, 3.8) is 0 Å². The Morgan fingerprint density at radius 3 is 2.47 bits per heavy atom. The largest absolute Gasteiger partial charge is 0.496 e. The van der Waals surface area contributed by atoms with Crippen LogP contribution in [0.3, 0.4) is 0 Å². The van der Waals surface area contributed by atoms with Crippen LogP contribution < -0.4 is 4.74 Å². The number of piperidine rings is 2. The van der Waals surface area contributed by atoms with E-state index in [4.69, 9.17) is 4.74 Å². The number of aliphatic hydroxyl groups is 1. The summed E-state index contributed by atoms with van der Waals surface area (Å²) in [6.45, 7) is 0. The standard InChI is InChI=1S/C16H23NO2/c1-17-12-6-5-7-13(17)11-16(18,10-12)14-8-3-4-9-15(14)19-2/h3-4,8-9,12-13,18H,5-7,10-11H2,1-2H3. The Morgan fingerprint density at radius 1 is 1.21 bits per heavy atom. The van der Waals surface area contributed by atoms with Crippen LogP contribution in [0.25, 0.3) is 0 Å². The molecule has 0 spiro atoms. The molecule has 2 aliphatic rings. The molecular formula is C16H23NO2. The Hall–Kier alpha value is -1.06. The van der Waals surface area contributed by atoms with E-state index < -0.39 is 5.60 Å². The number of methoxy groups -OCH3 is 1. The Bertz CT molecular complexity index is 446. The van der Waals surface area contributed by atoms with Crippen molar-refractivity contribution in [1.82, 2.24) is 4.90 Å². The lowest BCUT2D eigenvalue weighted by Gasteiger charge is -2.51. The molecule has 1 N–H and O–H groups in total. The van der Waals surface area contributed by atoms with Crippen LogP contribution in [0.15, 0.2) is 24.3 Å². The van der Waals surface area contributed by atoms with Crippen LogP contribution in [0, 0.1) is 0 Å². The number of benzene rings is 1. The molecule has 1 aromatic rings. The first kappa shape index (κ1) is 12.9. The molecule has 2 heterocycles. The lowest BCUT2D eigenvalue weighted by molar-refractivity contribution is -0.0883. The van der Waals surface area contributed by atoms with E-state index in [1.807, 2.05) is 24.3 Å². The highest BCUT2D eigenvalue weighted by Gasteiger charge is 2.45. The van der Waals surface area contributed by atoms with Gasteiger partial charge >= 0.3 is 0 Å². The molecule has 2 atom stereocenters. The summed E-state index contributed by atoms with van der Waals surface area (Å²) in [5.41, 5.74) is 0.233. The highest BCUT2D eigenvalue weighted by Crippen LogP contribution is 2.45. The molecule has 104 valence electrons. The molecule has 19 heavy (non-hydrogen) atoms. The Morgan fingerprint density at radius 2 is 1.84 bits per heavy atom. The van der Waals surface area contributed by atoms with E-state index in [2.05, 4.69) is 11.9 Å². The van der Waals surface area contributed by atoms with Gasteiger partial charge in [-0.2, -0.15) is 0 Å². The summed E-state index contributed by atoms with van der Waals surface area (Å²) in [7, 11) is 3.88. The number of hydrogen-bond donors (Lipinski definition) is 1. The van der Waals surface area contributed by atoms with Crippen molar-refractivity contribution in [3.8, 4) is 5.75 Å². The van der Waals surface area contributed by atoms with Crippen molar-refractivity contribution in [3.05, 3.63) is 29.8 Å². The molecule has 2 saturated heterocycles. The summed E-state index contributed by atoms with van der Waals surface area (Å²) in [6, 6.07) is 8.91. The third kappa shape index (κ3) is 2.15. The number of rotatable bonds is 2. The van der Waals surface area contributed by atoms with Crippen LogP contribution >= 0.6 is 0 Å². The zero-order valence-electron chi connectivity index (χ0n) is 11.8. The zero-order chi connectivity index (χ0) is 13.5. The highest BCUT2D eigenvalue weighted by atomic mass is 16.5. The summed E-state index contributed by atoms with van der Waals surface area (Å²) in [5, 5.41) is 11.2. The summed E-state index contributed by atoms with van der Waals surface area (Å²) in [4.78, 5) is 2.47. The normalized spacial score (nSPS) is 35.1. The third-order valence-electron chi connectivity index (χ3n) is 4.98. The smallest absolute Gasteiger partial charge is 0.124 e. The van der Waals surface area contributed by atoms with Gasteiger partial charge in [-0.15, -0.1) is 0 Å². The second-order valence-electron chi connectivity index (χ2n) is 6.04. The number of para-hydroxylation sites is 1. The maximum Gasteiger partial charge on any atom is 0.124 e. The van der Waals surface area contributed by atoms with E-state index in [9.17, 15) is 5.11 Å². The average molecular weight is 261 g/mol. The van der Waals surface area contributed by atoms with Gasteiger partial charge in [-0.3, -0.25) is 0 Å². The molecule has 0 amide bonds. The van der Waals surface area contributed by atoms with Gasteiger partial charge in [0.1, 0.15) is 5.75 Å². The number of nitrogens with zero attached hydrogens (tertiary/aromatic N) is 1. The van der Waals surface area contributed by atoms with E-state index >= 15 is 0 Å². The first-order valence-electron chi connectivity index (χ1n) is 7.22. The molecule has 2 aliphatic heterocycles. The van der Waals surface area contributed by atoms with E-state index in [0.29, 0.717) is 12.1 Å². The van der Waals surface area contributed by atoms with Crippen molar-refractivity contribution in [2.75, 3.05) is 14.2 Å². The van der Waals surface area contributed by atoms with Gasteiger partial charge < -0.3 is 14.7 Å². The Kier molecular flexibility index (Phi) is 3.27. The van der Waals surface area contributed by atoms with Crippen LogP contribution in [0.4, 0.5) is 0 Å². The van der Waals surface area contributed by atoms with E-state index in [1.165, 1.54) is 19.3 Å². The van der Waals surface area contributed by atoms with Crippen LogP contribution in [-0.4, -0.2) is 36.2 Å². The van der Waals surface area contributed by atoms with E-state index in [0.717, 1.165) is 24.2 Å². The second kappa shape index (κ2) is 4.80. The molecule has 0 saturated carbocycles. The van der Waals surface area contributed by atoms with Gasteiger partial charge in [0.25, 0.3) is 0 Å². The molecule has 3 rings (SSSR count). The molecule has 2 fully saturated rings. The lowest BCUT2D eigenvalue weighted by atomic mass is 9.72. The van der Waals surface area contributed by atoms with Crippen molar-refractivity contribution in [1.29, 1.82) is 0 Å². The van der Waals surface area contributed by atoms with Gasteiger partial charge in [-0.25, -0.2) is 0 Å². The van der Waals surface area contributed by atoms with Crippen molar-refractivity contribution in [2.45, 2.75) is 49.8 Å². The monoisotopic (exact) mass is 261 g/mol. The second-order valence-corrected chi connectivity index (χ2v) is 6.04. The fraction of sp³-hybridized carbons (Fsp3) is 0.625. The molecule has 1 aromatic carbocycles. The number of ether oxygens (including phenoxy) is 1. The minimum absolute atomic E-state index is 0.502.